The average Bonchev–Trinajstić information content (AvgIpc) is 2.71. The zero-order valence-corrected chi connectivity index (χ0v) is 17.6. The number of benzene rings is 2. The molecular formula is C21H18INO5. The highest BCUT2D eigenvalue weighted by Gasteiger charge is 2.16. The van der Waals surface area contributed by atoms with Crippen molar-refractivity contribution in [2.45, 2.75) is 6.92 Å². The second kappa shape index (κ2) is 10.5. The minimum Gasteiger partial charge on any atom is -0.493 e. The van der Waals surface area contributed by atoms with Gasteiger partial charge in [0.15, 0.2) is 18.1 Å². The van der Waals surface area contributed by atoms with Crippen molar-refractivity contribution in [1.29, 1.82) is 5.26 Å². The van der Waals surface area contributed by atoms with Gasteiger partial charge in [0.05, 0.1) is 17.3 Å². The van der Waals surface area contributed by atoms with Crippen LogP contribution in [0.3, 0.4) is 0 Å². The molecule has 0 aliphatic carbocycles. The average molecular weight is 491 g/mol. The van der Waals surface area contributed by atoms with E-state index in [1.54, 1.807) is 49.4 Å². The van der Waals surface area contributed by atoms with Crippen molar-refractivity contribution < 1.29 is 23.8 Å². The summed E-state index contributed by atoms with van der Waals surface area (Å²) < 4.78 is 16.4. The number of ketones is 1. The third-order valence-electron chi connectivity index (χ3n) is 3.60. The molecule has 144 valence electrons. The van der Waals surface area contributed by atoms with Crippen LogP contribution in [0.5, 0.6) is 11.5 Å². The van der Waals surface area contributed by atoms with Gasteiger partial charge in [-0.15, -0.1) is 0 Å². The van der Waals surface area contributed by atoms with E-state index in [1.165, 1.54) is 13.2 Å². The number of carbonyl (C=O) groups excluding carboxylic acids is 2. The standard InChI is InChI=1S/C21H18INO5/c1-3-27-19(24)13-28-21-17(22)10-14(11-18(21)26-2)9-16(12-23)20(25)15-7-5-4-6-8-15/h4-11H,3,13H2,1-2H3/b16-9+. The Labute approximate surface area is 176 Å². The Hall–Kier alpha value is -2.86. The number of allylic oxidation sites excluding steroid dienone is 1. The molecular weight excluding hydrogens is 473 g/mol. The maximum atomic E-state index is 12.5. The third-order valence-corrected chi connectivity index (χ3v) is 4.40. The summed E-state index contributed by atoms with van der Waals surface area (Å²) >= 11 is 2.04. The molecule has 0 radical (unpaired) electrons. The van der Waals surface area contributed by atoms with Crippen molar-refractivity contribution in [3.8, 4) is 17.6 Å². The van der Waals surface area contributed by atoms with Crippen molar-refractivity contribution >= 4 is 40.4 Å². The normalized spacial score (nSPS) is 10.7. The largest absolute Gasteiger partial charge is 0.493 e. The molecule has 0 unspecified atom stereocenters. The first kappa shape index (κ1) is 21.4. The monoisotopic (exact) mass is 491 g/mol. The van der Waals surface area contributed by atoms with Crippen LogP contribution in [0.2, 0.25) is 0 Å². The summed E-state index contributed by atoms with van der Waals surface area (Å²) in [6, 6.07) is 13.9. The minimum absolute atomic E-state index is 0.00393. The Balaban J connectivity index is 2.32. The number of methoxy groups -OCH3 is 1. The zero-order chi connectivity index (χ0) is 20.5. The molecule has 0 saturated carbocycles. The molecule has 2 aromatic rings. The first-order valence-corrected chi connectivity index (χ1v) is 9.45. The van der Waals surface area contributed by atoms with E-state index in [0.717, 1.165) is 0 Å². The summed E-state index contributed by atoms with van der Waals surface area (Å²) in [6.45, 7) is 1.74. The van der Waals surface area contributed by atoms with Crippen LogP contribution < -0.4 is 9.47 Å². The van der Waals surface area contributed by atoms with Crippen LogP contribution in [0.25, 0.3) is 6.08 Å². The summed E-state index contributed by atoms with van der Waals surface area (Å²) in [5, 5.41) is 9.42. The van der Waals surface area contributed by atoms with E-state index in [1.807, 2.05) is 28.7 Å². The second-order valence-electron chi connectivity index (χ2n) is 5.49. The van der Waals surface area contributed by atoms with E-state index in [-0.39, 0.29) is 24.6 Å². The van der Waals surface area contributed by atoms with Crippen LogP contribution in [0.4, 0.5) is 0 Å². The summed E-state index contributed by atoms with van der Waals surface area (Å²) in [5.74, 6) is -0.0719. The molecule has 0 bridgehead atoms. The number of Topliss-reactive ketones (excluding diaryl/α,β-unsaturated/α-hetero) is 1. The van der Waals surface area contributed by atoms with E-state index in [0.29, 0.717) is 26.2 Å². The summed E-state index contributed by atoms with van der Waals surface area (Å²) in [6.07, 6.45) is 1.50. The van der Waals surface area contributed by atoms with Crippen LogP contribution >= 0.6 is 22.6 Å². The predicted octanol–water partition coefficient (Wildman–Crippen LogP) is 4.03. The van der Waals surface area contributed by atoms with Gasteiger partial charge in [-0.1, -0.05) is 30.3 Å². The Morgan fingerprint density at radius 2 is 1.93 bits per heavy atom. The number of carbonyl (C=O) groups is 2. The fraction of sp³-hybridized carbons (Fsp3) is 0.190. The number of nitriles is 1. The van der Waals surface area contributed by atoms with Crippen LogP contribution in [-0.2, 0) is 9.53 Å². The van der Waals surface area contributed by atoms with E-state index in [2.05, 4.69) is 0 Å². The van der Waals surface area contributed by atoms with E-state index >= 15 is 0 Å². The summed E-state index contributed by atoms with van der Waals surface area (Å²) in [7, 11) is 1.47. The van der Waals surface area contributed by atoms with Gasteiger partial charge in [-0.2, -0.15) is 5.26 Å². The molecule has 0 aromatic heterocycles. The molecule has 0 fully saturated rings. The molecule has 0 heterocycles. The molecule has 6 nitrogen and oxygen atoms in total. The molecule has 7 heteroatoms. The Kier molecular flexibility index (Phi) is 8.02. The highest BCUT2D eigenvalue weighted by Crippen LogP contribution is 2.34. The maximum Gasteiger partial charge on any atom is 0.344 e. The number of halogens is 1. The second-order valence-corrected chi connectivity index (χ2v) is 6.65. The molecule has 2 rings (SSSR count). The maximum absolute atomic E-state index is 12.5. The molecule has 0 atom stereocenters. The van der Waals surface area contributed by atoms with Gasteiger partial charge in [0, 0.05) is 5.56 Å². The number of hydrogen-bond donors (Lipinski definition) is 0. The van der Waals surface area contributed by atoms with Crippen LogP contribution in [0.15, 0.2) is 48.0 Å². The van der Waals surface area contributed by atoms with E-state index in [9.17, 15) is 14.9 Å². The van der Waals surface area contributed by atoms with Gasteiger partial charge in [-0.25, -0.2) is 4.79 Å². The zero-order valence-electron chi connectivity index (χ0n) is 15.4. The number of esters is 1. The van der Waals surface area contributed by atoms with Gasteiger partial charge in [0.2, 0.25) is 5.78 Å². The van der Waals surface area contributed by atoms with Gasteiger partial charge in [0.25, 0.3) is 0 Å². The Bertz CT molecular complexity index is 932. The number of ether oxygens (including phenoxy) is 3. The van der Waals surface area contributed by atoms with Gasteiger partial charge in [-0.05, 0) is 53.3 Å². The molecule has 0 aliphatic rings. The highest BCUT2D eigenvalue weighted by molar-refractivity contribution is 14.1. The lowest BCUT2D eigenvalue weighted by Crippen LogP contribution is -2.15. The van der Waals surface area contributed by atoms with Gasteiger partial charge < -0.3 is 14.2 Å². The van der Waals surface area contributed by atoms with Gasteiger partial charge >= 0.3 is 5.97 Å². The van der Waals surface area contributed by atoms with Gasteiger partial charge in [0.1, 0.15) is 11.6 Å². The Morgan fingerprint density at radius 1 is 1.21 bits per heavy atom. The Morgan fingerprint density at radius 3 is 2.54 bits per heavy atom. The van der Waals surface area contributed by atoms with Crippen LogP contribution in [0.1, 0.15) is 22.8 Å². The summed E-state index contributed by atoms with van der Waals surface area (Å²) in [5.41, 5.74) is 1.04. The fourth-order valence-corrected chi connectivity index (χ4v) is 3.14. The molecule has 0 spiro atoms. The van der Waals surface area contributed by atoms with E-state index in [4.69, 9.17) is 14.2 Å². The first-order chi connectivity index (χ1) is 13.5. The molecule has 0 saturated heterocycles. The van der Waals surface area contributed by atoms with Crippen LogP contribution in [0, 0.1) is 14.9 Å². The third kappa shape index (κ3) is 5.57. The minimum atomic E-state index is -0.482. The summed E-state index contributed by atoms with van der Waals surface area (Å²) in [4.78, 5) is 24.0. The number of hydrogen-bond acceptors (Lipinski definition) is 6. The number of nitrogens with zero attached hydrogens (tertiary/aromatic N) is 1. The van der Waals surface area contributed by atoms with Crippen molar-refractivity contribution in [1.82, 2.24) is 0 Å². The molecule has 0 amide bonds. The topological polar surface area (TPSA) is 85.6 Å². The molecule has 0 N–H and O–H groups in total. The van der Waals surface area contributed by atoms with Crippen molar-refractivity contribution in [3.05, 3.63) is 62.7 Å². The molecule has 0 aliphatic heterocycles. The molecule has 2 aromatic carbocycles. The smallest absolute Gasteiger partial charge is 0.344 e. The van der Waals surface area contributed by atoms with Crippen molar-refractivity contribution in [2.24, 2.45) is 0 Å². The molecule has 28 heavy (non-hydrogen) atoms. The number of rotatable bonds is 8. The van der Waals surface area contributed by atoms with Crippen molar-refractivity contribution in [2.75, 3.05) is 20.3 Å². The lowest BCUT2D eigenvalue weighted by atomic mass is 10.0. The quantitative estimate of drug-likeness (QED) is 0.182. The lowest BCUT2D eigenvalue weighted by molar-refractivity contribution is -0.145. The lowest BCUT2D eigenvalue weighted by Gasteiger charge is -2.13. The first-order valence-electron chi connectivity index (χ1n) is 8.37. The van der Waals surface area contributed by atoms with E-state index < -0.39 is 5.97 Å². The van der Waals surface area contributed by atoms with Gasteiger partial charge in [-0.3, -0.25) is 4.79 Å². The highest BCUT2D eigenvalue weighted by atomic mass is 127. The predicted molar refractivity (Wildman–Crippen MR) is 112 cm³/mol. The fourth-order valence-electron chi connectivity index (χ4n) is 2.36. The SMILES string of the molecule is CCOC(=O)COc1c(I)cc(/C=C(\C#N)C(=O)c2ccccc2)cc1OC. The van der Waals surface area contributed by atoms with Crippen LogP contribution in [-0.4, -0.2) is 32.1 Å². The van der Waals surface area contributed by atoms with Crippen molar-refractivity contribution in [3.63, 3.8) is 0 Å².